The van der Waals surface area contributed by atoms with Crippen molar-refractivity contribution < 1.29 is 9.53 Å². The summed E-state index contributed by atoms with van der Waals surface area (Å²) in [5.74, 6) is 0.202. The summed E-state index contributed by atoms with van der Waals surface area (Å²) in [4.78, 5) is 19.8. The van der Waals surface area contributed by atoms with Crippen molar-refractivity contribution in [2.75, 3.05) is 5.73 Å². The van der Waals surface area contributed by atoms with Crippen LogP contribution in [0, 0.1) is 6.92 Å². The molecule has 0 spiro atoms. The van der Waals surface area contributed by atoms with Crippen LogP contribution in [0.5, 0.6) is 5.75 Å². The van der Waals surface area contributed by atoms with Crippen molar-refractivity contribution in [2.24, 2.45) is 5.73 Å². The normalized spacial score (nSPS) is 10.7. The number of aromatic nitrogens is 2. The third kappa shape index (κ3) is 3.28. The molecule has 0 radical (unpaired) electrons. The van der Waals surface area contributed by atoms with E-state index in [2.05, 4.69) is 9.97 Å². The topological polar surface area (TPSA) is 104 Å². The van der Waals surface area contributed by atoms with Gasteiger partial charge in [-0.1, -0.05) is 12.1 Å². The van der Waals surface area contributed by atoms with Crippen LogP contribution in [0.2, 0.25) is 0 Å². The molecular formula is C15H18N4O2. The van der Waals surface area contributed by atoms with Crippen molar-refractivity contribution >= 4 is 11.9 Å². The summed E-state index contributed by atoms with van der Waals surface area (Å²) >= 11 is 0. The average Bonchev–Trinajstić information content (AvgIpc) is 2.36. The molecule has 0 bridgehead atoms. The second-order valence-electron chi connectivity index (χ2n) is 4.95. The van der Waals surface area contributed by atoms with Crippen molar-refractivity contribution in [2.45, 2.75) is 26.9 Å². The molecule has 0 unspecified atom stereocenters. The van der Waals surface area contributed by atoms with E-state index >= 15 is 0 Å². The van der Waals surface area contributed by atoms with Gasteiger partial charge in [0.25, 0.3) is 5.91 Å². The molecule has 21 heavy (non-hydrogen) atoms. The molecule has 4 N–H and O–H groups in total. The summed E-state index contributed by atoms with van der Waals surface area (Å²) in [5.41, 5.74) is 13.0. The van der Waals surface area contributed by atoms with Crippen LogP contribution < -0.4 is 16.2 Å². The lowest BCUT2D eigenvalue weighted by Crippen LogP contribution is -2.17. The molecule has 2 rings (SSSR count). The minimum Gasteiger partial charge on any atom is -0.491 e. The summed E-state index contributed by atoms with van der Waals surface area (Å²) in [6.45, 7) is 5.55. The molecule has 0 aliphatic carbocycles. The smallest absolute Gasteiger partial charge is 0.252 e. The summed E-state index contributed by atoms with van der Waals surface area (Å²) < 4.78 is 5.65. The first-order chi connectivity index (χ1) is 9.88. The third-order valence-corrected chi connectivity index (χ3v) is 2.83. The van der Waals surface area contributed by atoms with Crippen LogP contribution in [0.1, 0.15) is 29.9 Å². The van der Waals surface area contributed by atoms with E-state index in [-0.39, 0.29) is 17.6 Å². The Morgan fingerprint density at radius 3 is 2.62 bits per heavy atom. The second-order valence-corrected chi connectivity index (χ2v) is 4.95. The van der Waals surface area contributed by atoms with Crippen LogP contribution in [0.4, 0.5) is 5.95 Å². The minimum absolute atomic E-state index is 0.0491. The van der Waals surface area contributed by atoms with E-state index in [0.29, 0.717) is 22.7 Å². The summed E-state index contributed by atoms with van der Waals surface area (Å²) in [5, 5.41) is 0. The van der Waals surface area contributed by atoms with E-state index in [9.17, 15) is 4.79 Å². The molecule has 0 saturated heterocycles. The lowest BCUT2D eigenvalue weighted by Gasteiger charge is -2.13. The van der Waals surface area contributed by atoms with Gasteiger partial charge in [-0.15, -0.1) is 0 Å². The van der Waals surface area contributed by atoms with Gasteiger partial charge in [-0.05, 0) is 32.9 Å². The maximum absolute atomic E-state index is 11.7. The Hall–Kier alpha value is -2.63. The van der Waals surface area contributed by atoms with Crippen LogP contribution >= 0.6 is 0 Å². The molecule has 2 aromatic rings. The van der Waals surface area contributed by atoms with Gasteiger partial charge in [-0.3, -0.25) is 4.79 Å². The number of nitrogens with zero attached hydrogens (tertiary/aromatic N) is 2. The van der Waals surface area contributed by atoms with Gasteiger partial charge < -0.3 is 16.2 Å². The number of nitrogen functional groups attached to an aromatic ring is 1. The van der Waals surface area contributed by atoms with Crippen molar-refractivity contribution in [1.82, 2.24) is 9.97 Å². The first-order valence-corrected chi connectivity index (χ1v) is 6.59. The van der Waals surface area contributed by atoms with Crippen molar-refractivity contribution in [3.05, 3.63) is 35.5 Å². The van der Waals surface area contributed by atoms with Gasteiger partial charge >= 0.3 is 0 Å². The highest BCUT2D eigenvalue weighted by molar-refractivity contribution is 6.00. The molecule has 6 nitrogen and oxygen atoms in total. The van der Waals surface area contributed by atoms with Gasteiger partial charge in [0.1, 0.15) is 5.75 Å². The minimum atomic E-state index is -0.585. The van der Waals surface area contributed by atoms with Crippen molar-refractivity contribution in [3.63, 3.8) is 0 Å². The standard InChI is InChI=1S/C15H18N4O2/c1-8(2)21-11-6-4-5-10(7-11)13-12(14(16)20)9(3)18-15(17)19-13/h4-8H,1-3H3,(H2,16,20)(H2,17,18,19). The number of aryl methyl sites for hydroxylation is 1. The number of hydrogen-bond donors (Lipinski definition) is 2. The number of rotatable bonds is 4. The lowest BCUT2D eigenvalue weighted by molar-refractivity contribution is 0.0999. The molecule has 0 aliphatic rings. The van der Waals surface area contributed by atoms with Crippen LogP contribution in [-0.4, -0.2) is 22.0 Å². The van der Waals surface area contributed by atoms with Gasteiger partial charge in [0.15, 0.2) is 0 Å². The van der Waals surface area contributed by atoms with E-state index in [1.54, 1.807) is 13.0 Å². The van der Waals surface area contributed by atoms with Gasteiger partial charge in [0, 0.05) is 5.56 Å². The Morgan fingerprint density at radius 2 is 2.00 bits per heavy atom. The fourth-order valence-corrected chi connectivity index (χ4v) is 2.09. The Kier molecular flexibility index (Phi) is 4.07. The zero-order chi connectivity index (χ0) is 15.6. The highest BCUT2D eigenvalue weighted by atomic mass is 16.5. The van der Waals surface area contributed by atoms with E-state index in [0.717, 1.165) is 0 Å². The van der Waals surface area contributed by atoms with Gasteiger partial charge in [0.05, 0.1) is 23.1 Å². The first kappa shape index (κ1) is 14.8. The molecule has 1 heterocycles. The van der Waals surface area contributed by atoms with Gasteiger partial charge in [-0.2, -0.15) is 0 Å². The van der Waals surface area contributed by atoms with Crippen LogP contribution in [-0.2, 0) is 0 Å². The molecule has 0 atom stereocenters. The fourth-order valence-electron chi connectivity index (χ4n) is 2.09. The maximum atomic E-state index is 11.7. The van der Waals surface area contributed by atoms with Crippen LogP contribution in [0.3, 0.4) is 0 Å². The Bertz CT molecular complexity index is 683. The predicted molar refractivity (Wildman–Crippen MR) is 80.9 cm³/mol. The van der Waals surface area contributed by atoms with E-state index in [1.807, 2.05) is 32.0 Å². The SMILES string of the molecule is Cc1nc(N)nc(-c2cccc(OC(C)C)c2)c1C(N)=O. The predicted octanol–water partition coefficient (Wildman–Crippen LogP) is 1.92. The molecule has 6 heteroatoms. The first-order valence-electron chi connectivity index (χ1n) is 6.59. The molecule has 1 aromatic heterocycles. The quantitative estimate of drug-likeness (QED) is 0.893. The maximum Gasteiger partial charge on any atom is 0.252 e. The highest BCUT2D eigenvalue weighted by Crippen LogP contribution is 2.27. The summed E-state index contributed by atoms with van der Waals surface area (Å²) in [6.07, 6.45) is 0.0491. The van der Waals surface area contributed by atoms with E-state index < -0.39 is 5.91 Å². The number of amides is 1. The Labute approximate surface area is 123 Å². The number of hydrogen-bond acceptors (Lipinski definition) is 5. The molecular weight excluding hydrogens is 268 g/mol. The number of ether oxygens (including phenoxy) is 1. The summed E-state index contributed by atoms with van der Waals surface area (Å²) in [7, 11) is 0. The van der Waals surface area contributed by atoms with E-state index in [1.165, 1.54) is 0 Å². The van der Waals surface area contributed by atoms with Gasteiger partial charge in [0.2, 0.25) is 5.95 Å². The van der Waals surface area contributed by atoms with Crippen LogP contribution in [0.25, 0.3) is 11.3 Å². The molecule has 0 fully saturated rings. The monoisotopic (exact) mass is 286 g/mol. The Morgan fingerprint density at radius 1 is 1.29 bits per heavy atom. The number of primary amides is 1. The fraction of sp³-hybridized carbons (Fsp3) is 0.267. The summed E-state index contributed by atoms with van der Waals surface area (Å²) in [6, 6.07) is 7.28. The number of carbonyl (C=O) groups is 1. The molecule has 0 aliphatic heterocycles. The highest BCUT2D eigenvalue weighted by Gasteiger charge is 2.17. The molecule has 1 aromatic carbocycles. The lowest BCUT2D eigenvalue weighted by atomic mass is 10.0. The Balaban J connectivity index is 2.58. The zero-order valence-electron chi connectivity index (χ0n) is 12.3. The molecule has 0 saturated carbocycles. The van der Waals surface area contributed by atoms with Crippen LogP contribution in [0.15, 0.2) is 24.3 Å². The van der Waals surface area contributed by atoms with Crippen molar-refractivity contribution in [1.29, 1.82) is 0 Å². The van der Waals surface area contributed by atoms with Gasteiger partial charge in [-0.25, -0.2) is 9.97 Å². The number of benzene rings is 1. The second kappa shape index (κ2) is 5.78. The zero-order valence-corrected chi connectivity index (χ0v) is 12.3. The number of nitrogens with two attached hydrogens (primary N) is 2. The van der Waals surface area contributed by atoms with Crippen molar-refractivity contribution in [3.8, 4) is 17.0 Å². The largest absolute Gasteiger partial charge is 0.491 e. The number of carbonyl (C=O) groups excluding carboxylic acids is 1. The third-order valence-electron chi connectivity index (χ3n) is 2.83. The molecule has 1 amide bonds. The molecule has 110 valence electrons. The number of anilines is 1. The van der Waals surface area contributed by atoms with E-state index in [4.69, 9.17) is 16.2 Å². The average molecular weight is 286 g/mol.